The molecule has 5 heteroatoms. The maximum atomic E-state index is 11.8. The van der Waals surface area contributed by atoms with E-state index in [0.717, 1.165) is 25.9 Å². The molecule has 1 aliphatic rings. The van der Waals surface area contributed by atoms with Gasteiger partial charge in [-0.2, -0.15) is 0 Å². The van der Waals surface area contributed by atoms with Crippen LogP contribution in [0.1, 0.15) is 33.1 Å². The Hall–Kier alpha value is -1.10. The summed E-state index contributed by atoms with van der Waals surface area (Å²) in [6.45, 7) is 6.02. The summed E-state index contributed by atoms with van der Waals surface area (Å²) in [5.41, 5.74) is -0.560. The predicted octanol–water partition coefficient (Wildman–Crippen LogP) is 0.265. The van der Waals surface area contributed by atoms with E-state index in [2.05, 4.69) is 16.0 Å². The van der Waals surface area contributed by atoms with E-state index in [1.165, 1.54) is 0 Å². The van der Waals surface area contributed by atoms with E-state index in [1.807, 2.05) is 13.8 Å². The third-order valence-electron chi connectivity index (χ3n) is 3.44. The summed E-state index contributed by atoms with van der Waals surface area (Å²) in [6.07, 6.45) is 2.80. The number of hydrogen-bond acceptors (Lipinski definition) is 3. The Labute approximate surface area is 109 Å². The minimum atomic E-state index is -0.560. The van der Waals surface area contributed by atoms with Crippen LogP contribution in [0.4, 0.5) is 0 Å². The van der Waals surface area contributed by atoms with E-state index >= 15 is 0 Å². The number of nitrogens with one attached hydrogen (secondary N) is 3. The molecule has 2 amide bonds. The molecule has 1 fully saturated rings. The van der Waals surface area contributed by atoms with Crippen molar-refractivity contribution in [2.24, 2.45) is 11.3 Å². The van der Waals surface area contributed by atoms with Crippen LogP contribution in [0.25, 0.3) is 0 Å². The van der Waals surface area contributed by atoms with Crippen molar-refractivity contribution in [3.8, 4) is 0 Å². The molecular weight excluding hydrogens is 230 g/mol. The number of carbonyl (C=O) groups excluding carboxylic acids is 2. The molecule has 1 saturated heterocycles. The van der Waals surface area contributed by atoms with E-state index in [-0.39, 0.29) is 11.8 Å². The molecule has 0 aromatic carbocycles. The summed E-state index contributed by atoms with van der Waals surface area (Å²) in [7, 11) is 1.61. The van der Waals surface area contributed by atoms with Gasteiger partial charge in [0.15, 0.2) is 0 Å². The zero-order chi connectivity index (χ0) is 13.6. The number of rotatable bonds is 5. The second-order valence-electron chi connectivity index (χ2n) is 5.66. The van der Waals surface area contributed by atoms with Crippen molar-refractivity contribution in [1.82, 2.24) is 16.0 Å². The second-order valence-corrected chi connectivity index (χ2v) is 5.66. The molecule has 1 aliphatic heterocycles. The quantitative estimate of drug-likeness (QED) is 0.660. The van der Waals surface area contributed by atoms with Crippen molar-refractivity contribution in [3.63, 3.8) is 0 Å². The monoisotopic (exact) mass is 255 g/mol. The third kappa shape index (κ3) is 4.64. The Balaban J connectivity index is 2.29. The van der Waals surface area contributed by atoms with E-state index < -0.39 is 5.41 Å². The van der Waals surface area contributed by atoms with Crippen LogP contribution in [0.2, 0.25) is 0 Å². The highest BCUT2D eigenvalue weighted by atomic mass is 16.2. The summed E-state index contributed by atoms with van der Waals surface area (Å²) in [5, 5.41) is 8.76. The summed E-state index contributed by atoms with van der Waals surface area (Å²) in [6, 6.07) is 0. The zero-order valence-electron chi connectivity index (χ0n) is 11.6. The Kier molecular flexibility index (Phi) is 5.59. The lowest BCUT2D eigenvalue weighted by Gasteiger charge is -2.25. The van der Waals surface area contributed by atoms with Crippen LogP contribution < -0.4 is 16.0 Å². The lowest BCUT2D eigenvalue weighted by molar-refractivity contribution is -0.129. The van der Waals surface area contributed by atoms with Crippen LogP contribution in [0.3, 0.4) is 0 Å². The van der Waals surface area contributed by atoms with E-state index in [4.69, 9.17) is 0 Å². The molecule has 104 valence electrons. The van der Waals surface area contributed by atoms with E-state index in [1.54, 1.807) is 7.05 Å². The molecule has 0 bridgehead atoms. The van der Waals surface area contributed by atoms with Crippen LogP contribution in [-0.2, 0) is 9.59 Å². The van der Waals surface area contributed by atoms with Crippen LogP contribution >= 0.6 is 0 Å². The van der Waals surface area contributed by atoms with Gasteiger partial charge in [0.05, 0.1) is 5.41 Å². The molecule has 0 radical (unpaired) electrons. The predicted molar refractivity (Wildman–Crippen MR) is 71.1 cm³/mol. The van der Waals surface area contributed by atoms with Crippen LogP contribution in [0, 0.1) is 11.3 Å². The molecule has 1 rings (SSSR count). The molecule has 0 saturated carbocycles. The van der Waals surface area contributed by atoms with Gasteiger partial charge in [-0.3, -0.25) is 9.59 Å². The number of amides is 2. The number of hydrogen-bond donors (Lipinski definition) is 3. The topological polar surface area (TPSA) is 70.2 Å². The van der Waals surface area contributed by atoms with Crippen molar-refractivity contribution >= 4 is 11.8 Å². The third-order valence-corrected chi connectivity index (χ3v) is 3.44. The Morgan fingerprint density at radius 2 is 2.11 bits per heavy atom. The molecule has 0 spiro atoms. The summed E-state index contributed by atoms with van der Waals surface area (Å²) < 4.78 is 0. The van der Waals surface area contributed by atoms with E-state index in [9.17, 15) is 9.59 Å². The van der Waals surface area contributed by atoms with Crippen molar-refractivity contribution in [2.75, 3.05) is 26.7 Å². The summed E-state index contributed by atoms with van der Waals surface area (Å²) >= 11 is 0. The van der Waals surface area contributed by atoms with Gasteiger partial charge in [0.1, 0.15) is 0 Å². The Bertz CT molecular complexity index is 297. The normalized spacial score (nSPS) is 20.3. The first-order valence-corrected chi connectivity index (χ1v) is 6.65. The highest BCUT2D eigenvalue weighted by molar-refractivity contribution is 5.83. The molecule has 5 nitrogen and oxygen atoms in total. The first-order valence-electron chi connectivity index (χ1n) is 6.65. The highest BCUT2D eigenvalue weighted by Gasteiger charge is 2.27. The first kappa shape index (κ1) is 15.0. The van der Waals surface area contributed by atoms with Gasteiger partial charge in [0.2, 0.25) is 11.8 Å². The van der Waals surface area contributed by atoms with Crippen molar-refractivity contribution in [1.29, 1.82) is 0 Å². The van der Waals surface area contributed by atoms with Crippen LogP contribution in [-0.4, -0.2) is 38.5 Å². The van der Waals surface area contributed by atoms with Gasteiger partial charge < -0.3 is 16.0 Å². The average Bonchev–Trinajstić information content (AvgIpc) is 2.36. The minimum absolute atomic E-state index is 0.0423. The molecule has 1 heterocycles. The van der Waals surface area contributed by atoms with Gasteiger partial charge in [0, 0.05) is 20.0 Å². The molecule has 18 heavy (non-hydrogen) atoms. The zero-order valence-corrected chi connectivity index (χ0v) is 11.6. The Morgan fingerprint density at radius 1 is 1.39 bits per heavy atom. The van der Waals surface area contributed by atoms with Gasteiger partial charge in [-0.25, -0.2) is 0 Å². The summed E-state index contributed by atoms with van der Waals surface area (Å²) in [4.78, 5) is 23.4. The standard InChI is InChI=1S/C13H25N3O2/c1-13(2,12(18)14-3)9-16-11(17)7-10-5-4-6-15-8-10/h10,15H,4-9H2,1-3H3,(H,14,18)(H,16,17). The largest absolute Gasteiger partial charge is 0.359 e. The van der Waals surface area contributed by atoms with Gasteiger partial charge in [-0.1, -0.05) is 0 Å². The fourth-order valence-corrected chi connectivity index (χ4v) is 2.17. The lowest BCUT2D eigenvalue weighted by atomic mass is 9.91. The lowest BCUT2D eigenvalue weighted by Crippen LogP contribution is -2.44. The average molecular weight is 255 g/mol. The fourth-order valence-electron chi connectivity index (χ4n) is 2.17. The molecule has 1 atom stereocenters. The van der Waals surface area contributed by atoms with Crippen molar-refractivity contribution < 1.29 is 9.59 Å². The van der Waals surface area contributed by atoms with Crippen molar-refractivity contribution in [2.45, 2.75) is 33.1 Å². The smallest absolute Gasteiger partial charge is 0.227 e. The van der Waals surface area contributed by atoms with Gasteiger partial charge in [-0.15, -0.1) is 0 Å². The maximum Gasteiger partial charge on any atom is 0.227 e. The Morgan fingerprint density at radius 3 is 2.67 bits per heavy atom. The molecule has 0 aliphatic carbocycles. The van der Waals surface area contributed by atoms with Crippen LogP contribution in [0.15, 0.2) is 0 Å². The first-order chi connectivity index (χ1) is 8.45. The molecule has 0 aromatic heterocycles. The van der Waals surface area contributed by atoms with Gasteiger partial charge in [0.25, 0.3) is 0 Å². The molecule has 3 N–H and O–H groups in total. The molecule has 0 aromatic rings. The maximum absolute atomic E-state index is 11.8. The van der Waals surface area contributed by atoms with Gasteiger partial charge in [-0.05, 0) is 45.7 Å². The minimum Gasteiger partial charge on any atom is -0.359 e. The highest BCUT2D eigenvalue weighted by Crippen LogP contribution is 2.15. The van der Waals surface area contributed by atoms with Crippen LogP contribution in [0.5, 0.6) is 0 Å². The van der Waals surface area contributed by atoms with E-state index in [0.29, 0.717) is 18.9 Å². The SMILES string of the molecule is CNC(=O)C(C)(C)CNC(=O)CC1CCCNC1. The number of carbonyl (C=O) groups is 2. The van der Waals surface area contributed by atoms with Gasteiger partial charge >= 0.3 is 0 Å². The van der Waals surface area contributed by atoms with Crippen molar-refractivity contribution in [3.05, 3.63) is 0 Å². The fraction of sp³-hybridized carbons (Fsp3) is 0.846. The second kappa shape index (κ2) is 6.73. The summed E-state index contributed by atoms with van der Waals surface area (Å²) in [5.74, 6) is 0.421. The number of piperidine rings is 1. The molecule has 1 unspecified atom stereocenters. The molecular formula is C13H25N3O2.